The highest BCUT2D eigenvalue weighted by atomic mass is 16.1. The SMILES string of the molecule is C=CC(=O)NCCCCCc1nc2ccccc2n1CCCC. The smallest absolute Gasteiger partial charge is 0.243 e. The minimum atomic E-state index is -0.0913. The average Bonchev–Trinajstić information content (AvgIpc) is 2.93. The number of nitrogens with one attached hydrogen (secondary N) is 1. The van der Waals surface area contributed by atoms with Crippen LogP contribution in [0.1, 0.15) is 44.9 Å². The van der Waals surface area contributed by atoms with Gasteiger partial charge >= 0.3 is 0 Å². The molecule has 124 valence electrons. The van der Waals surface area contributed by atoms with Gasteiger partial charge in [0.1, 0.15) is 5.82 Å². The zero-order valence-electron chi connectivity index (χ0n) is 14.1. The quantitative estimate of drug-likeness (QED) is 0.535. The number of carbonyl (C=O) groups excluding carboxylic acids is 1. The Balaban J connectivity index is 1.88. The summed E-state index contributed by atoms with van der Waals surface area (Å²) in [5.41, 5.74) is 2.34. The van der Waals surface area contributed by atoms with Crippen LogP contribution in [0.4, 0.5) is 0 Å². The van der Waals surface area contributed by atoms with E-state index in [2.05, 4.69) is 41.6 Å². The number of imidazole rings is 1. The van der Waals surface area contributed by atoms with Crippen molar-refractivity contribution in [3.63, 3.8) is 0 Å². The molecular formula is C19H27N3O. The van der Waals surface area contributed by atoms with Crippen LogP contribution in [0.15, 0.2) is 36.9 Å². The van der Waals surface area contributed by atoms with Gasteiger partial charge in [-0.25, -0.2) is 4.98 Å². The normalized spacial score (nSPS) is 10.8. The molecule has 0 saturated carbocycles. The molecule has 1 N–H and O–H groups in total. The molecule has 23 heavy (non-hydrogen) atoms. The summed E-state index contributed by atoms with van der Waals surface area (Å²) in [6.45, 7) is 7.43. The van der Waals surface area contributed by atoms with Crippen LogP contribution in [0.3, 0.4) is 0 Å². The van der Waals surface area contributed by atoms with E-state index < -0.39 is 0 Å². The number of amides is 1. The second kappa shape index (κ2) is 9.13. The van der Waals surface area contributed by atoms with Gasteiger partial charge in [-0.05, 0) is 37.5 Å². The van der Waals surface area contributed by atoms with Crippen molar-refractivity contribution in [2.45, 2.75) is 52.0 Å². The van der Waals surface area contributed by atoms with Crippen molar-refractivity contribution in [3.05, 3.63) is 42.7 Å². The number of hydrogen-bond donors (Lipinski definition) is 1. The monoisotopic (exact) mass is 313 g/mol. The Morgan fingerprint density at radius 1 is 1.26 bits per heavy atom. The van der Waals surface area contributed by atoms with E-state index in [0.717, 1.165) is 44.3 Å². The lowest BCUT2D eigenvalue weighted by Crippen LogP contribution is -2.21. The Labute approximate surface area is 138 Å². The molecule has 0 aliphatic heterocycles. The van der Waals surface area contributed by atoms with Crippen molar-refractivity contribution in [3.8, 4) is 0 Å². The summed E-state index contributed by atoms with van der Waals surface area (Å²) < 4.78 is 2.37. The molecule has 1 aromatic carbocycles. The molecule has 0 fully saturated rings. The first-order valence-corrected chi connectivity index (χ1v) is 8.60. The highest BCUT2D eigenvalue weighted by Gasteiger charge is 2.09. The maximum absolute atomic E-state index is 11.1. The van der Waals surface area contributed by atoms with Crippen LogP contribution < -0.4 is 5.32 Å². The van der Waals surface area contributed by atoms with Crippen LogP contribution in [0.25, 0.3) is 11.0 Å². The van der Waals surface area contributed by atoms with Gasteiger partial charge < -0.3 is 9.88 Å². The molecule has 1 aromatic heterocycles. The van der Waals surface area contributed by atoms with E-state index in [1.54, 1.807) is 0 Å². The maximum Gasteiger partial charge on any atom is 0.243 e. The van der Waals surface area contributed by atoms with Gasteiger partial charge in [-0.1, -0.05) is 38.5 Å². The fraction of sp³-hybridized carbons (Fsp3) is 0.474. The van der Waals surface area contributed by atoms with Crippen LogP contribution in [0, 0.1) is 0 Å². The van der Waals surface area contributed by atoms with E-state index >= 15 is 0 Å². The van der Waals surface area contributed by atoms with Gasteiger partial charge in [-0.3, -0.25) is 4.79 Å². The second-order valence-electron chi connectivity index (χ2n) is 5.83. The van der Waals surface area contributed by atoms with E-state index in [1.807, 2.05) is 6.07 Å². The van der Waals surface area contributed by atoms with Gasteiger partial charge in [-0.15, -0.1) is 0 Å². The van der Waals surface area contributed by atoms with E-state index in [-0.39, 0.29) is 5.91 Å². The third-order valence-electron chi connectivity index (χ3n) is 4.03. The number of benzene rings is 1. The fourth-order valence-electron chi connectivity index (χ4n) is 2.75. The topological polar surface area (TPSA) is 46.9 Å². The standard InChI is InChI=1S/C19H27N3O/c1-3-5-15-22-17-12-9-8-11-16(17)21-18(22)13-7-6-10-14-20-19(23)4-2/h4,8-9,11-12H,2-3,5-7,10,13-15H2,1H3,(H,20,23). The summed E-state index contributed by atoms with van der Waals surface area (Å²) in [6.07, 6.45) is 7.86. The highest BCUT2D eigenvalue weighted by molar-refractivity contribution is 5.86. The Bertz CT molecular complexity index is 645. The number of para-hydroxylation sites is 2. The Morgan fingerprint density at radius 2 is 2.09 bits per heavy atom. The summed E-state index contributed by atoms with van der Waals surface area (Å²) in [7, 11) is 0. The summed E-state index contributed by atoms with van der Waals surface area (Å²) in [5, 5.41) is 2.81. The molecule has 0 aliphatic rings. The van der Waals surface area contributed by atoms with Crippen LogP contribution in [-0.2, 0) is 17.8 Å². The average molecular weight is 313 g/mol. The molecule has 0 saturated heterocycles. The van der Waals surface area contributed by atoms with Crippen LogP contribution in [-0.4, -0.2) is 22.0 Å². The number of hydrogen-bond acceptors (Lipinski definition) is 2. The number of rotatable bonds is 10. The van der Waals surface area contributed by atoms with Crippen molar-refractivity contribution >= 4 is 16.9 Å². The lowest BCUT2D eigenvalue weighted by atomic mass is 10.2. The number of unbranched alkanes of at least 4 members (excludes halogenated alkanes) is 3. The predicted octanol–water partition coefficient (Wildman–Crippen LogP) is 3.85. The zero-order valence-corrected chi connectivity index (χ0v) is 14.1. The van der Waals surface area contributed by atoms with Crippen LogP contribution in [0.2, 0.25) is 0 Å². The molecule has 0 aliphatic carbocycles. The van der Waals surface area contributed by atoms with E-state index in [9.17, 15) is 4.79 Å². The van der Waals surface area contributed by atoms with Gasteiger partial charge in [0.2, 0.25) is 5.91 Å². The summed E-state index contributed by atoms with van der Waals surface area (Å²) in [5.74, 6) is 1.10. The number of carbonyl (C=O) groups is 1. The first-order valence-electron chi connectivity index (χ1n) is 8.60. The molecule has 4 heteroatoms. The molecule has 0 bridgehead atoms. The molecule has 1 amide bonds. The lowest BCUT2D eigenvalue weighted by Gasteiger charge is -2.08. The number of fused-ring (bicyclic) bond motifs is 1. The molecule has 0 atom stereocenters. The fourth-order valence-corrected chi connectivity index (χ4v) is 2.75. The Morgan fingerprint density at radius 3 is 2.87 bits per heavy atom. The molecule has 1 heterocycles. The summed E-state index contributed by atoms with van der Waals surface area (Å²) in [4.78, 5) is 15.9. The third-order valence-corrected chi connectivity index (χ3v) is 4.03. The lowest BCUT2D eigenvalue weighted by molar-refractivity contribution is -0.116. The minimum Gasteiger partial charge on any atom is -0.353 e. The van der Waals surface area contributed by atoms with Crippen molar-refractivity contribution in [2.24, 2.45) is 0 Å². The number of aryl methyl sites for hydroxylation is 2. The number of nitrogens with zero attached hydrogens (tertiary/aromatic N) is 2. The first kappa shape index (κ1) is 17.3. The number of aromatic nitrogens is 2. The van der Waals surface area contributed by atoms with Gasteiger partial charge in [0, 0.05) is 19.5 Å². The van der Waals surface area contributed by atoms with E-state index in [0.29, 0.717) is 0 Å². The van der Waals surface area contributed by atoms with Gasteiger partial charge in [-0.2, -0.15) is 0 Å². The van der Waals surface area contributed by atoms with Crippen molar-refractivity contribution in [2.75, 3.05) is 6.54 Å². The van der Waals surface area contributed by atoms with Crippen LogP contribution in [0.5, 0.6) is 0 Å². The molecular weight excluding hydrogens is 286 g/mol. The highest BCUT2D eigenvalue weighted by Crippen LogP contribution is 2.18. The zero-order chi connectivity index (χ0) is 16.5. The van der Waals surface area contributed by atoms with Crippen molar-refractivity contribution < 1.29 is 4.79 Å². The molecule has 2 rings (SSSR count). The maximum atomic E-state index is 11.1. The largest absolute Gasteiger partial charge is 0.353 e. The molecule has 0 spiro atoms. The third kappa shape index (κ3) is 4.95. The Hall–Kier alpha value is -2.10. The van der Waals surface area contributed by atoms with Crippen LogP contribution >= 0.6 is 0 Å². The molecule has 0 unspecified atom stereocenters. The molecule has 4 nitrogen and oxygen atoms in total. The van der Waals surface area contributed by atoms with E-state index in [4.69, 9.17) is 4.98 Å². The molecule has 2 aromatic rings. The minimum absolute atomic E-state index is 0.0913. The molecule has 0 radical (unpaired) electrons. The van der Waals surface area contributed by atoms with Crippen molar-refractivity contribution in [1.82, 2.24) is 14.9 Å². The summed E-state index contributed by atoms with van der Waals surface area (Å²) >= 11 is 0. The van der Waals surface area contributed by atoms with E-state index in [1.165, 1.54) is 30.3 Å². The van der Waals surface area contributed by atoms with Gasteiger partial charge in [0.25, 0.3) is 0 Å². The van der Waals surface area contributed by atoms with Crippen molar-refractivity contribution in [1.29, 1.82) is 0 Å². The second-order valence-corrected chi connectivity index (χ2v) is 5.83. The van der Waals surface area contributed by atoms with Gasteiger partial charge in [0.05, 0.1) is 11.0 Å². The summed E-state index contributed by atoms with van der Waals surface area (Å²) in [6, 6.07) is 8.38. The predicted molar refractivity (Wildman–Crippen MR) is 95.4 cm³/mol. The first-order chi connectivity index (χ1) is 11.3. The van der Waals surface area contributed by atoms with Gasteiger partial charge in [0.15, 0.2) is 0 Å². The Kier molecular flexibility index (Phi) is 6.85.